The van der Waals surface area contributed by atoms with Crippen LogP contribution in [0.1, 0.15) is 24.8 Å². The van der Waals surface area contributed by atoms with Crippen LogP contribution in [0.2, 0.25) is 0 Å². The molecule has 3 aliphatic rings. The van der Waals surface area contributed by atoms with E-state index in [0.29, 0.717) is 48.4 Å². The van der Waals surface area contributed by atoms with Crippen molar-refractivity contribution in [1.82, 2.24) is 5.32 Å². The minimum absolute atomic E-state index is 0.0894. The van der Waals surface area contributed by atoms with E-state index in [-0.39, 0.29) is 31.1 Å². The van der Waals surface area contributed by atoms with E-state index in [1.54, 1.807) is 30.2 Å². The maximum absolute atomic E-state index is 12.8. The molecule has 9 nitrogen and oxygen atoms in total. The van der Waals surface area contributed by atoms with Gasteiger partial charge in [0, 0.05) is 37.9 Å². The number of rotatable bonds is 8. The first-order valence-corrected chi connectivity index (χ1v) is 11.5. The molecule has 0 saturated carbocycles. The Bertz CT molecular complexity index is 1070. The van der Waals surface area contributed by atoms with Crippen molar-refractivity contribution in [3.8, 4) is 23.0 Å². The van der Waals surface area contributed by atoms with Gasteiger partial charge in [0.25, 0.3) is 0 Å². The van der Waals surface area contributed by atoms with E-state index >= 15 is 0 Å². The normalized spacial score (nSPS) is 21.1. The zero-order valence-corrected chi connectivity index (χ0v) is 19.1. The second kappa shape index (κ2) is 9.80. The number of hydrogen-bond acceptors (Lipinski definition) is 7. The number of anilines is 1. The summed E-state index contributed by atoms with van der Waals surface area (Å²) in [6.45, 7) is 2.09. The van der Waals surface area contributed by atoms with E-state index in [1.807, 2.05) is 18.2 Å². The van der Waals surface area contributed by atoms with Crippen LogP contribution < -0.4 is 29.2 Å². The Morgan fingerprint density at radius 3 is 2.85 bits per heavy atom. The molecule has 2 amide bonds. The van der Waals surface area contributed by atoms with Crippen molar-refractivity contribution in [1.29, 1.82) is 0 Å². The molecule has 3 heterocycles. The van der Waals surface area contributed by atoms with Gasteiger partial charge in [-0.3, -0.25) is 9.59 Å². The minimum Gasteiger partial charge on any atom is -0.493 e. The second-order valence-corrected chi connectivity index (χ2v) is 8.59. The predicted molar refractivity (Wildman–Crippen MR) is 122 cm³/mol. The maximum Gasteiger partial charge on any atom is 0.231 e. The zero-order chi connectivity index (χ0) is 23.5. The number of carbonyl (C=O) groups is 2. The molecule has 2 saturated heterocycles. The van der Waals surface area contributed by atoms with Crippen LogP contribution in [0, 0.1) is 5.92 Å². The lowest BCUT2D eigenvalue weighted by molar-refractivity contribution is -0.126. The third-order valence-electron chi connectivity index (χ3n) is 6.31. The summed E-state index contributed by atoms with van der Waals surface area (Å²) in [4.78, 5) is 27.0. The smallest absolute Gasteiger partial charge is 0.231 e. The fraction of sp³-hybridized carbons (Fsp3) is 0.440. The van der Waals surface area contributed by atoms with Crippen molar-refractivity contribution in [3.63, 3.8) is 0 Å². The number of amides is 2. The first kappa shape index (κ1) is 22.3. The Morgan fingerprint density at radius 2 is 2.03 bits per heavy atom. The Labute approximate surface area is 197 Å². The molecule has 1 N–H and O–H groups in total. The van der Waals surface area contributed by atoms with Crippen LogP contribution >= 0.6 is 0 Å². The summed E-state index contributed by atoms with van der Waals surface area (Å²) in [6.07, 6.45) is 2.35. The van der Waals surface area contributed by atoms with Gasteiger partial charge in [0.2, 0.25) is 18.6 Å². The summed E-state index contributed by atoms with van der Waals surface area (Å²) in [5.74, 6) is 1.85. The first-order chi connectivity index (χ1) is 16.6. The zero-order valence-electron chi connectivity index (χ0n) is 19.1. The molecule has 0 aliphatic carbocycles. The highest BCUT2D eigenvalue weighted by atomic mass is 16.7. The number of fused-ring (bicyclic) bond motifs is 1. The van der Waals surface area contributed by atoms with Crippen molar-refractivity contribution in [3.05, 3.63) is 42.0 Å². The molecule has 0 bridgehead atoms. The van der Waals surface area contributed by atoms with Gasteiger partial charge in [-0.15, -0.1) is 0 Å². The highest BCUT2D eigenvalue weighted by Crippen LogP contribution is 2.37. The minimum atomic E-state index is -0.422. The van der Waals surface area contributed by atoms with Crippen molar-refractivity contribution >= 4 is 17.5 Å². The molecular formula is C25H28N2O7. The highest BCUT2D eigenvalue weighted by molar-refractivity contribution is 6.00. The average Bonchev–Trinajstić information content (AvgIpc) is 3.61. The number of carbonyl (C=O) groups excluding carboxylic acids is 2. The van der Waals surface area contributed by atoms with Gasteiger partial charge in [-0.05, 0) is 42.7 Å². The monoisotopic (exact) mass is 468 g/mol. The molecule has 3 aliphatic heterocycles. The van der Waals surface area contributed by atoms with Gasteiger partial charge in [0.1, 0.15) is 6.61 Å². The quantitative estimate of drug-likeness (QED) is 0.636. The van der Waals surface area contributed by atoms with E-state index in [9.17, 15) is 9.59 Å². The van der Waals surface area contributed by atoms with Crippen LogP contribution in [0.5, 0.6) is 23.0 Å². The third-order valence-corrected chi connectivity index (χ3v) is 6.31. The van der Waals surface area contributed by atoms with Gasteiger partial charge in [0.05, 0.1) is 19.1 Å². The molecule has 2 aromatic rings. The van der Waals surface area contributed by atoms with Crippen molar-refractivity contribution in [2.24, 2.45) is 5.92 Å². The standard InChI is InChI=1S/C25H28N2O7/c1-30-22-9-16(4-6-20(22)32-14-19-3-2-8-31-19)12-26-25(29)17-10-24(28)27(13-17)18-5-7-21-23(11-18)34-15-33-21/h4-7,9,11,17,19H,2-3,8,10,12-15H2,1H3,(H,26,29). The number of hydrogen-bond donors (Lipinski definition) is 1. The summed E-state index contributed by atoms with van der Waals surface area (Å²) in [7, 11) is 1.59. The third kappa shape index (κ3) is 4.75. The largest absolute Gasteiger partial charge is 0.493 e. The molecule has 180 valence electrons. The fourth-order valence-electron chi connectivity index (χ4n) is 4.42. The Balaban J connectivity index is 1.16. The van der Waals surface area contributed by atoms with Gasteiger partial charge < -0.3 is 33.9 Å². The molecule has 2 fully saturated rings. The molecule has 34 heavy (non-hydrogen) atoms. The van der Waals surface area contributed by atoms with Crippen molar-refractivity contribution < 1.29 is 33.3 Å². The molecular weight excluding hydrogens is 440 g/mol. The van der Waals surface area contributed by atoms with E-state index in [2.05, 4.69) is 5.32 Å². The summed E-state index contributed by atoms with van der Waals surface area (Å²) in [5.41, 5.74) is 1.58. The van der Waals surface area contributed by atoms with Crippen LogP contribution in [0.4, 0.5) is 5.69 Å². The lowest BCUT2D eigenvalue weighted by atomic mass is 10.1. The van der Waals surface area contributed by atoms with E-state index in [4.69, 9.17) is 23.7 Å². The summed E-state index contributed by atoms with van der Waals surface area (Å²) in [5, 5.41) is 2.94. The molecule has 2 atom stereocenters. The Hall–Kier alpha value is -3.46. The second-order valence-electron chi connectivity index (χ2n) is 8.59. The Kier molecular flexibility index (Phi) is 6.44. The van der Waals surface area contributed by atoms with Crippen LogP contribution in [0.25, 0.3) is 0 Å². The van der Waals surface area contributed by atoms with Crippen LogP contribution in [0.15, 0.2) is 36.4 Å². The van der Waals surface area contributed by atoms with E-state index < -0.39 is 5.92 Å². The van der Waals surface area contributed by atoms with Gasteiger partial charge >= 0.3 is 0 Å². The van der Waals surface area contributed by atoms with E-state index in [1.165, 1.54) is 0 Å². The van der Waals surface area contributed by atoms with Crippen LogP contribution in [-0.2, 0) is 20.9 Å². The first-order valence-electron chi connectivity index (χ1n) is 11.5. The van der Waals surface area contributed by atoms with Crippen molar-refractivity contribution in [2.45, 2.75) is 31.9 Å². The molecule has 9 heteroatoms. The molecule has 2 aromatic carbocycles. The van der Waals surface area contributed by atoms with Gasteiger partial charge in [-0.1, -0.05) is 6.07 Å². The molecule has 2 unspecified atom stereocenters. The molecule has 0 spiro atoms. The maximum atomic E-state index is 12.8. The Morgan fingerprint density at radius 1 is 1.15 bits per heavy atom. The van der Waals surface area contributed by atoms with Gasteiger partial charge in [0.15, 0.2) is 23.0 Å². The number of nitrogens with one attached hydrogen (secondary N) is 1. The number of ether oxygens (including phenoxy) is 5. The lowest BCUT2D eigenvalue weighted by Crippen LogP contribution is -2.32. The molecule has 5 rings (SSSR count). The summed E-state index contributed by atoms with van der Waals surface area (Å²) < 4.78 is 27.7. The predicted octanol–water partition coefficient (Wildman–Crippen LogP) is 2.65. The van der Waals surface area contributed by atoms with E-state index in [0.717, 1.165) is 25.0 Å². The molecule has 0 radical (unpaired) electrons. The van der Waals surface area contributed by atoms with Gasteiger partial charge in [-0.25, -0.2) is 0 Å². The van der Waals surface area contributed by atoms with Crippen molar-refractivity contribution in [2.75, 3.05) is 38.6 Å². The number of benzene rings is 2. The summed E-state index contributed by atoms with van der Waals surface area (Å²) in [6, 6.07) is 10.9. The fourth-order valence-corrected chi connectivity index (χ4v) is 4.42. The highest BCUT2D eigenvalue weighted by Gasteiger charge is 2.35. The summed E-state index contributed by atoms with van der Waals surface area (Å²) >= 11 is 0. The topological polar surface area (TPSA) is 95.6 Å². The number of nitrogens with zero attached hydrogens (tertiary/aromatic N) is 1. The number of methoxy groups -OCH3 is 1. The average molecular weight is 469 g/mol. The van der Waals surface area contributed by atoms with Gasteiger partial charge in [-0.2, -0.15) is 0 Å². The van der Waals surface area contributed by atoms with Crippen LogP contribution in [0.3, 0.4) is 0 Å². The van der Waals surface area contributed by atoms with Crippen LogP contribution in [-0.4, -0.2) is 51.6 Å². The SMILES string of the molecule is COc1cc(CNC(=O)C2CC(=O)N(c3ccc4c(c3)OCO4)C2)ccc1OCC1CCCO1. The molecule has 0 aromatic heterocycles. The lowest BCUT2D eigenvalue weighted by Gasteiger charge is -2.17.